The van der Waals surface area contributed by atoms with Gasteiger partial charge < -0.3 is 20.5 Å². The van der Waals surface area contributed by atoms with Crippen LogP contribution in [0.1, 0.15) is 29.8 Å². The summed E-state index contributed by atoms with van der Waals surface area (Å²) in [6, 6.07) is 0.273. The van der Waals surface area contributed by atoms with E-state index in [9.17, 15) is 4.79 Å². The highest BCUT2D eigenvalue weighted by Crippen LogP contribution is 2.22. The molecule has 0 bridgehead atoms. The lowest BCUT2D eigenvalue weighted by Gasteiger charge is -2.25. The van der Waals surface area contributed by atoms with E-state index in [0.717, 1.165) is 12.8 Å². The van der Waals surface area contributed by atoms with Gasteiger partial charge in [0, 0.05) is 6.04 Å². The highest BCUT2D eigenvalue weighted by Gasteiger charge is 2.22. The number of hydrogen-bond donors (Lipinski definition) is 3. The number of hydrogen-bond acceptors (Lipinski definition) is 5. The maximum atomic E-state index is 11.8. The van der Waals surface area contributed by atoms with Gasteiger partial charge in [-0.3, -0.25) is 4.79 Å². The number of nitrogen functional groups attached to an aromatic ring is 1. The predicted octanol–water partition coefficient (Wildman–Crippen LogP) is 0.929. The van der Waals surface area contributed by atoms with Gasteiger partial charge >= 0.3 is 0 Å². The lowest BCUT2D eigenvalue weighted by atomic mass is 9.93. The topological polar surface area (TPSA) is 110 Å². The number of nitrogens with two attached hydrogens (primary N) is 1. The van der Waals surface area contributed by atoms with E-state index in [1.165, 1.54) is 19.0 Å². The maximum absolute atomic E-state index is 11.8. The van der Waals surface area contributed by atoms with Gasteiger partial charge in [-0.15, -0.1) is 0 Å². The molecule has 1 fully saturated rings. The molecule has 0 unspecified atom stereocenters. The molecule has 18 heavy (non-hydrogen) atoms. The van der Waals surface area contributed by atoms with Crippen LogP contribution in [0.25, 0.3) is 11.6 Å². The summed E-state index contributed by atoms with van der Waals surface area (Å²) in [6.07, 6.45) is 6.00. The van der Waals surface area contributed by atoms with Gasteiger partial charge in [-0.2, -0.15) is 0 Å². The van der Waals surface area contributed by atoms with Crippen molar-refractivity contribution in [1.82, 2.24) is 20.3 Å². The zero-order chi connectivity index (χ0) is 12.5. The highest BCUT2D eigenvalue weighted by molar-refractivity contribution is 5.92. The van der Waals surface area contributed by atoms with Gasteiger partial charge in [-0.1, -0.05) is 0 Å². The summed E-state index contributed by atoms with van der Waals surface area (Å²) in [5.41, 5.74) is 6.37. The number of nitrogens with one attached hydrogen (secondary N) is 2. The first-order chi connectivity index (χ1) is 8.74. The van der Waals surface area contributed by atoms with Crippen LogP contribution in [0.4, 0.5) is 5.82 Å². The largest absolute Gasteiger partial charge is 0.442 e. The standard InChI is InChI=1S/C11H13N5O2/c12-9-8(13-5-14-9)11-16-7(4-18-11)10(17)15-6-2-1-3-6/h4-6H,1-3,12H2,(H,13,14)(H,15,17). The highest BCUT2D eigenvalue weighted by atomic mass is 16.3. The molecule has 0 aromatic carbocycles. The van der Waals surface area contributed by atoms with Crippen molar-refractivity contribution in [2.24, 2.45) is 0 Å². The van der Waals surface area contributed by atoms with Gasteiger partial charge in [0.25, 0.3) is 5.91 Å². The monoisotopic (exact) mass is 247 g/mol. The number of oxazole rings is 1. The molecule has 0 saturated heterocycles. The molecule has 4 N–H and O–H groups in total. The molecule has 2 aromatic rings. The number of aromatic amines is 1. The Labute approximate surface area is 103 Å². The molecule has 0 atom stereocenters. The van der Waals surface area contributed by atoms with Crippen LogP contribution in [0.5, 0.6) is 0 Å². The minimum Gasteiger partial charge on any atom is -0.442 e. The molecular formula is C11H13N5O2. The van der Waals surface area contributed by atoms with Gasteiger partial charge in [-0.05, 0) is 19.3 Å². The molecule has 0 aliphatic heterocycles. The van der Waals surface area contributed by atoms with Crippen LogP contribution >= 0.6 is 0 Å². The summed E-state index contributed by atoms with van der Waals surface area (Å²) in [5.74, 6) is 0.347. The molecule has 7 heteroatoms. The lowest BCUT2D eigenvalue weighted by Crippen LogP contribution is -2.39. The molecule has 2 aromatic heterocycles. The summed E-state index contributed by atoms with van der Waals surface area (Å²) in [4.78, 5) is 22.6. The number of aromatic nitrogens is 3. The summed E-state index contributed by atoms with van der Waals surface area (Å²) >= 11 is 0. The minimum atomic E-state index is -0.215. The predicted molar refractivity (Wildman–Crippen MR) is 63.6 cm³/mol. The fourth-order valence-corrected chi connectivity index (χ4v) is 1.78. The Morgan fingerprint density at radius 1 is 1.56 bits per heavy atom. The van der Waals surface area contributed by atoms with Gasteiger partial charge in [-0.25, -0.2) is 9.97 Å². The first kappa shape index (κ1) is 10.8. The van der Waals surface area contributed by atoms with Crippen LogP contribution in [0.15, 0.2) is 17.0 Å². The molecule has 94 valence electrons. The van der Waals surface area contributed by atoms with Crippen molar-refractivity contribution < 1.29 is 9.21 Å². The van der Waals surface area contributed by atoms with E-state index in [0.29, 0.717) is 11.5 Å². The first-order valence-corrected chi connectivity index (χ1v) is 5.79. The fraction of sp³-hybridized carbons (Fsp3) is 0.364. The normalized spacial score (nSPS) is 15.3. The van der Waals surface area contributed by atoms with Gasteiger partial charge in [0.2, 0.25) is 5.89 Å². The Bertz CT molecular complexity index is 570. The van der Waals surface area contributed by atoms with Crippen molar-refractivity contribution in [3.05, 3.63) is 18.3 Å². The van der Waals surface area contributed by atoms with E-state index in [4.69, 9.17) is 10.2 Å². The Morgan fingerprint density at radius 3 is 3.00 bits per heavy atom. The molecule has 1 aliphatic carbocycles. The minimum absolute atomic E-state index is 0.215. The molecule has 1 amide bonds. The second-order valence-electron chi connectivity index (χ2n) is 4.30. The van der Waals surface area contributed by atoms with Crippen LogP contribution in [0, 0.1) is 0 Å². The van der Waals surface area contributed by atoms with Crippen molar-refractivity contribution in [3.8, 4) is 11.6 Å². The van der Waals surface area contributed by atoms with Gasteiger partial charge in [0.05, 0.1) is 6.33 Å². The fourth-order valence-electron chi connectivity index (χ4n) is 1.78. The first-order valence-electron chi connectivity index (χ1n) is 5.79. The molecule has 2 heterocycles. The Balaban J connectivity index is 1.76. The summed E-state index contributed by atoms with van der Waals surface area (Å²) in [6.45, 7) is 0. The number of imidazole rings is 1. The zero-order valence-corrected chi connectivity index (χ0v) is 9.64. The Morgan fingerprint density at radius 2 is 2.39 bits per heavy atom. The summed E-state index contributed by atoms with van der Waals surface area (Å²) < 4.78 is 5.22. The van der Waals surface area contributed by atoms with E-state index in [1.807, 2.05) is 0 Å². The van der Waals surface area contributed by atoms with Crippen molar-refractivity contribution in [3.63, 3.8) is 0 Å². The van der Waals surface area contributed by atoms with E-state index in [1.54, 1.807) is 0 Å². The van der Waals surface area contributed by atoms with Crippen LogP contribution in [-0.2, 0) is 0 Å². The van der Waals surface area contributed by atoms with Crippen LogP contribution < -0.4 is 11.1 Å². The van der Waals surface area contributed by atoms with Crippen LogP contribution in [-0.4, -0.2) is 26.9 Å². The van der Waals surface area contributed by atoms with E-state index in [-0.39, 0.29) is 23.5 Å². The number of H-pyrrole nitrogens is 1. The molecule has 7 nitrogen and oxygen atoms in total. The molecule has 1 aliphatic rings. The number of carbonyl (C=O) groups is 1. The molecular weight excluding hydrogens is 234 g/mol. The van der Waals surface area contributed by atoms with Crippen LogP contribution in [0.3, 0.4) is 0 Å². The third kappa shape index (κ3) is 1.83. The average molecular weight is 247 g/mol. The van der Waals surface area contributed by atoms with Crippen molar-refractivity contribution in [1.29, 1.82) is 0 Å². The van der Waals surface area contributed by atoms with Crippen molar-refractivity contribution in [2.75, 3.05) is 5.73 Å². The summed E-state index contributed by atoms with van der Waals surface area (Å²) in [5, 5.41) is 2.89. The third-order valence-electron chi connectivity index (χ3n) is 3.06. The van der Waals surface area contributed by atoms with Crippen molar-refractivity contribution >= 4 is 11.7 Å². The average Bonchev–Trinajstić information content (AvgIpc) is 2.91. The number of amides is 1. The third-order valence-corrected chi connectivity index (χ3v) is 3.06. The number of carbonyl (C=O) groups excluding carboxylic acids is 1. The second-order valence-corrected chi connectivity index (χ2v) is 4.30. The van der Waals surface area contributed by atoms with E-state index < -0.39 is 0 Å². The molecule has 0 spiro atoms. The SMILES string of the molecule is Nc1nc[nH]c1-c1nc(C(=O)NC2CCC2)co1. The molecule has 0 radical (unpaired) electrons. The van der Waals surface area contributed by atoms with Gasteiger partial charge in [0.15, 0.2) is 11.5 Å². The van der Waals surface area contributed by atoms with E-state index in [2.05, 4.69) is 20.3 Å². The number of rotatable bonds is 3. The van der Waals surface area contributed by atoms with Crippen LogP contribution in [0.2, 0.25) is 0 Å². The maximum Gasteiger partial charge on any atom is 0.273 e. The summed E-state index contributed by atoms with van der Waals surface area (Å²) in [7, 11) is 0. The number of anilines is 1. The smallest absolute Gasteiger partial charge is 0.273 e. The number of nitrogens with zero attached hydrogens (tertiary/aromatic N) is 2. The quantitative estimate of drug-likeness (QED) is 0.747. The van der Waals surface area contributed by atoms with Gasteiger partial charge in [0.1, 0.15) is 12.0 Å². The molecule has 1 saturated carbocycles. The van der Waals surface area contributed by atoms with E-state index >= 15 is 0 Å². The second kappa shape index (κ2) is 4.17. The Kier molecular flexibility index (Phi) is 2.51. The molecule has 3 rings (SSSR count). The lowest BCUT2D eigenvalue weighted by molar-refractivity contribution is 0.0912. The van der Waals surface area contributed by atoms with Crippen molar-refractivity contribution in [2.45, 2.75) is 25.3 Å². The zero-order valence-electron chi connectivity index (χ0n) is 9.64. The Hall–Kier alpha value is -2.31.